The van der Waals surface area contributed by atoms with E-state index in [-0.39, 0.29) is 10.6 Å². The highest BCUT2D eigenvalue weighted by Gasteiger charge is 2.32. The molecule has 0 radical (unpaired) electrons. The molecule has 0 aromatic heterocycles. The average molecular weight is 203 g/mol. The van der Waals surface area contributed by atoms with Gasteiger partial charge in [-0.3, -0.25) is 10.1 Å². The van der Waals surface area contributed by atoms with E-state index in [4.69, 9.17) is 10.5 Å². The molecule has 1 rings (SSSR count). The van der Waals surface area contributed by atoms with Gasteiger partial charge in [-0.15, -0.1) is 0 Å². The van der Waals surface area contributed by atoms with E-state index in [1.807, 2.05) is 0 Å². The fourth-order valence-electron chi connectivity index (χ4n) is 0.849. The van der Waals surface area contributed by atoms with Crippen LogP contribution in [0.25, 0.3) is 0 Å². The Balaban J connectivity index is 2.97. The third-order valence-corrected chi connectivity index (χ3v) is 2.64. The Morgan fingerprint density at radius 3 is 2.77 bits per heavy atom. The predicted octanol–water partition coefficient (Wildman–Crippen LogP) is -0.646. The molecule has 0 aliphatic carbocycles. The lowest BCUT2D eigenvalue weighted by Crippen LogP contribution is -2.15. The summed E-state index contributed by atoms with van der Waals surface area (Å²) in [5, 5.41) is 21.1. The van der Waals surface area contributed by atoms with Gasteiger partial charge in [0.25, 0.3) is 5.70 Å². The quantitative estimate of drug-likeness (QED) is 0.363. The molecule has 72 valence electrons. The molecule has 1 heterocycles. The molecule has 7 heteroatoms. The monoisotopic (exact) mass is 203 g/mol. The number of nitro groups is 1. The first-order valence-corrected chi connectivity index (χ1v) is 4.16. The number of ether oxygens (including phenoxy) is 1. The van der Waals surface area contributed by atoms with Gasteiger partial charge >= 0.3 is 0 Å². The van der Waals surface area contributed by atoms with Crippen molar-refractivity contribution in [1.29, 1.82) is 0 Å². The van der Waals surface area contributed by atoms with Crippen LogP contribution < -0.4 is 10.8 Å². The van der Waals surface area contributed by atoms with E-state index < -0.39 is 16.2 Å². The molecule has 2 N–H and O–H groups in total. The van der Waals surface area contributed by atoms with Gasteiger partial charge < -0.3 is 15.6 Å². The first-order chi connectivity index (χ1) is 6.06. The number of nitrogens with two attached hydrogens (primary N) is 1. The lowest BCUT2D eigenvalue weighted by Gasteiger charge is -2.08. The van der Waals surface area contributed by atoms with Crippen LogP contribution in [0.2, 0.25) is 0 Å². The maximum absolute atomic E-state index is 10.7. The molecule has 0 spiro atoms. The van der Waals surface area contributed by atoms with Crippen molar-refractivity contribution in [2.24, 2.45) is 5.73 Å². The molecular formula is C6H7N2O4S-. The SMILES string of the molecule is CO[C@@H]1S/C(=C(\N)[O-])C=C1[N+](=O)[O-]. The molecule has 0 bridgehead atoms. The van der Waals surface area contributed by atoms with Gasteiger partial charge in [0, 0.05) is 18.1 Å². The van der Waals surface area contributed by atoms with Gasteiger partial charge in [-0.05, 0) is 5.88 Å². The Labute approximate surface area is 78.2 Å². The van der Waals surface area contributed by atoms with E-state index in [1.165, 1.54) is 7.11 Å². The van der Waals surface area contributed by atoms with E-state index in [0.29, 0.717) is 0 Å². The van der Waals surface area contributed by atoms with Crippen LogP contribution in [0, 0.1) is 10.1 Å². The largest absolute Gasteiger partial charge is 0.860 e. The predicted molar refractivity (Wildman–Crippen MR) is 44.7 cm³/mol. The topological polar surface area (TPSA) is 101 Å². The van der Waals surface area contributed by atoms with E-state index >= 15 is 0 Å². The molecule has 6 nitrogen and oxygen atoms in total. The second kappa shape index (κ2) is 3.67. The second-order valence-electron chi connectivity index (χ2n) is 2.24. The highest BCUT2D eigenvalue weighted by molar-refractivity contribution is 8.04. The zero-order valence-electron chi connectivity index (χ0n) is 6.72. The zero-order valence-corrected chi connectivity index (χ0v) is 7.54. The summed E-state index contributed by atoms with van der Waals surface area (Å²) in [5.41, 5.74) is 4.07. The Morgan fingerprint density at radius 2 is 2.46 bits per heavy atom. The van der Waals surface area contributed by atoms with Gasteiger partial charge in [0.15, 0.2) is 5.44 Å². The van der Waals surface area contributed by atoms with Crippen LogP contribution in [0.5, 0.6) is 0 Å². The minimum absolute atomic E-state index is 0.151. The third-order valence-electron chi connectivity index (χ3n) is 1.42. The molecule has 0 amide bonds. The molecular weight excluding hydrogens is 196 g/mol. The smallest absolute Gasteiger partial charge is 0.286 e. The van der Waals surface area contributed by atoms with Gasteiger partial charge in [-0.25, -0.2) is 0 Å². The summed E-state index contributed by atoms with van der Waals surface area (Å²) in [6.45, 7) is 0. The van der Waals surface area contributed by atoms with Gasteiger partial charge in [-0.1, -0.05) is 11.8 Å². The molecule has 1 aliphatic rings. The minimum atomic E-state index is -0.738. The standard InChI is InChI=1S/C6H8N2O4S/c1-12-6-3(8(10)11)2-4(13-6)5(7)9/h2,6,9H,7H2,1H3/p-1/b5-4+/t6-/m1/s1. The molecule has 0 fully saturated rings. The van der Waals surface area contributed by atoms with Crippen molar-refractivity contribution in [3.63, 3.8) is 0 Å². The Bertz CT molecular complexity index is 295. The second-order valence-corrected chi connectivity index (χ2v) is 3.34. The van der Waals surface area contributed by atoms with Crippen LogP contribution >= 0.6 is 11.8 Å². The Morgan fingerprint density at radius 1 is 1.85 bits per heavy atom. The average Bonchev–Trinajstić information content (AvgIpc) is 2.47. The maximum atomic E-state index is 10.7. The van der Waals surface area contributed by atoms with Crippen molar-refractivity contribution < 1.29 is 14.8 Å². The molecule has 0 unspecified atom stereocenters. The van der Waals surface area contributed by atoms with Crippen LogP contribution in [0.1, 0.15) is 0 Å². The van der Waals surface area contributed by atoms with Crippen LogP contribution in [0.3, 0.4) is 0 Å². The Hall–Kier alpha value is -1.21. The number of methoxy groups -OCH3 is 1. The first kappa shape index (κ1) is 9.87. The highest BCUT2D eigenvalue weighted by Crippen LogP contribution is 2.36. The molecule has 0 saturated heterocycles. The summed E-state index contributed by atoms with van der Waals surface area (Å²) in [4.78, 5) is 9.98. The number of hydrogen-bond acceptors (Lipinski definition) is 6. The lowest BCUT2D eigenvalue weighted by atomic mass is 10.4. The first-order valence-electron chi connectivity index (χ1n) is 3.28. The molecule has 0 aromatic carbocycles. The summed E-state index contributed by atoms with van der Waals surface area (Å²) in [7, 11) is 1.33. The van der Waals surface area contributed by atoms with Crippen LogP contribution in [-0.4, -0.2) is 17.5 Å². The number of rotatable bonds is 2. The minimum Gasteiger partial charge on any atom is -0.860 e. The van der Waals surface area contributed by atoms with E-state index in [1.54, 1.807) is 0 Å². The summed E-state index contributed by atoms with van der Waals surface area (Å²) in [6, 6.07) is 0. The fourth-order valence-corrected chi connectivity index (χ4v) is 1.76. The van der Waals surface area contributed by atoms with Gasteiger partial charge in [0.2, 0.25) is 0 Å². The Kier molecular flexibility index (Phi) is 2.79. The normalized spacial score (nSPS) is 25.6. The molecule has 0 aromatic rings. The van der Waals surface area contributed by atoms with Crippen molar-refractivity contribution in [3.8, 4) is 0 Å². The third kappa shape index (κ3) is 1.93. The maximum Gasteiger partial charge on any atom is 0.286 e. The lowest BCUT2D eigenvalue weighted by molar-refractivity contribution is -0.432. The van der Waals surface area contributed by atoms with Gasteiger partial charge in [0.1, 0.15) is 0 Å². The van der Waals surface area contributed by atoms with Gasteiger partial charge in [-0.2, -0.15) is 0 Å². The van der Waals surface area contributed by atoms with Crippen LogP contribution in [0.4, 0.5) is 0 Å². The number of thioether (sulfide) groups is 1. The summed E-state index contributed by atoms with van der Waals surface area (Å²) in [6.07, 6.45) is 1.14. The fraction of sp³-hybridized carbons (Fsp3) is 0.333. The highest BCUT2D eigenvalue weighted by atomic mass is 32.2. The molecule has 0 saturated carbocycles. The number of hydrogen-bond donors (Lipinski definition) is 1. The number of nitrogens with zero attached hydrogens (tertiary/aromatic N) is 1. The van der Waals surface area contributed by atoms with Crippen molar-refractivity contribution in [3.05, 3.63) is 32.7 Å². The van der Waals surface area contributed by atoms with Crippen molar-refractivity contribution in [2.75, 3.05) is 7.11 Å². The van der Waals surface area contributed by atoms with E-state index in [9.17, 15) is 15.2 Å². The summed E-state index contributed by atoms with van der Waals surface area (Å²) < 4.78 is 4.79. The molecule has 1 aliphatic heterocycles. The van der Waals surface area contributed by atoms with Crippen molar-refractivity contribution in [2.45, 2.75) is 5.44 Å². The van der Waals surface area contributed by atoms with E-state index in [0.717, 1.165) is 17.8 Å². The van der Waals surface area contributed by atoms with Crippen LogP contribution in [-0.2, 0) is 4.74 Å². The van der Waals surface area contributed by atoms with E-state index in [2.05, 4.69) is 0 Å². The summed E-state index contributed by atoms with van der Waals surface area (Å²) in [5.74, 6) is -0.677. The van der Waals surface area contributed by atoms with Crippen molar-refractivity contribution in [1.82, 2.24) is 0 Å². The number of allylic oxidation sites excluding steroid dienone is 1. The van der Waals surface area contributed by atoms with Crippen molar-refractivity contribution >= 4 is 11.8 Å². The molecule has 1 atom stereocenters. The molecule has 13 heavy (non-hydrogen) atoms. The van der Waals surface area contributed by atoms with Gasteiger partial charge in [0.05, 0.1) is 4.92 Å². The zero-order chi connectivity index (χ0) is 10.0. The van der Waals surface area contributed by atoms with Crippen LogP contribution in [0.15, 0.2) is 22.6 Å². The summed E-state index contributed by atoms with van der Waals surface area (Å²) >= 11 is 0.941.